The van der Waals surface area contributed by atoms with Gasteiger partial charge in [0.2, 0.25) is 0 Å². The molecule has 0 saturated carbocycles. The van der Waals surface area contributed by atoms with Crippen molar-refractivity contribution in [2.24, 2.45) is 0 Å². The maximum atomic E-state index is 4.93. The van der Waals surface area contributed by atoms with Gasteiger partial charge in [-0.15, -0.1) is 74.6 Å². The van der Waals surface area contributed by atoms with Gasteiger partial charge in [0, 0.05) is 0 Å². The largest absolute Gasteiger partial charge is 0.184 e. The molecule has 2 atom stereocenters. The van der Waals surface area contributed by atoms with E-state index >= 15 is 0 Å². The van der Waals surface area contributed by atoms with Crippen molar-refractivity contribution in [1.29, 1.82) is 0 Å². The van der Waals surface area contributed by atoms with Gasteiger partial charge in [0.05, 0.1) is 9.52 Å². The SMILES string of the molecule is CCCc1ccc2[cH-]c(C(C)CC)cc2c1-c1ccccc1-c1ccccc1.CCCc1ccc2[cH-]c(C(C)CC)cc2c1-c1ccccc1-c1ccccc1.[Cl][Zr][Cl].[c-]1cccc2c1[Si]c1ccccc1-2. The van der Waals surface area contributed by atoms with Crippen molar-refractivity contribution in [2.75, 3.05) is 0 Å². The van der Waals surface area contributed by atoms with E-state index in [1.54, 1.807) is 0 Å². The van der Waals surface area contributed by atoms with Gasteiger partial charge in [-0.3, -0.25) is 0 Å². The predicted octanol–water partition coefficient (Wildman–Crippen LogP) is 19.2. The second-order valence-corrected chi connectivity index (χ2v) is 23.9. The van der Waals surface area contributed by atoms with Crippen LogP contribution in [-0.2, 0) is 33.7 Å². The van der Waals surface area contributed by atoms with Crippen molar-refractivity contribution in [3.8, 4) is 55.6 Å². The second-order valence-electron chi connectivity index (χ2n) is 18.9. The molecule has 1 aliphatic rings. The molecule has 0 aliphatic carbocycles. The summed E-state index contributed by atoms with van der Waals surface area (Å²) in [4.78, 5) is 0. The van der Waals surface area contributed by atoms with Crippen molar-refractivity contribution in [3.63, 3.8) is 0 Å². The fourth-order valence-corrected chi connectivity index (χ4v) is 11.5. The average molecular weight is 1070 g/mol. The Morgan fingerprint density at radius 1 is 0.472 bits per heavy atom. The number of aryl methyl sites for hydroxylation is 2. The third-order valence-electron chi connectivity index (χ3n) is 14.3. The van der Waals surface area contributed by atoms with Gasteiger partial charge in [-0.2, -0.15) is 41.6 Å². The maximum absolute atomic E-state index is 4.93. The second kappa shape index (κ2) is 26.0. The smallest absolute Gasteiger partial charge is 0.0920 e. The predicted molar refractivity (Wildman–Crippen MR) is 314 cm³/mol. The van der Waals surface area contributed by atoms with E-state index in [0.717, 1.165) is 35.2 Å². The number of hydrogen-bond acceptors (Lipinski definition) is 0. The molecule has 4 heteroatoms. The van der Waals surface area contributed by atoms with Gasteiger partial charge in [0.15, 0.2) is 0 Å². The monoisotopic (exact) mass is 1070 g/mol. The Labute approximate surface area is 451 Å². The molecule has 0 aromatic heterocycles. The zero-order valence-electron chi connectivity index (χ0n) is 42.7. The first kappa shape index (κ1) is 53.0. The van der Waals surface area contributed by atoms with E-state index in [-0.39, 0.29) is 0 Å². The van der Waals surface area contributed by atoms with Crippen LogP contribution in [0.25, 0.3) is 77.2 Å². The van der Waals surface area contributed by atoms with Crippen molar-refractivity contribution in [3.05, 3.63) is 229 Å². The molecule has 11 rings (SSSR count). The molecule has 0 saturated heterocycles. The number of rotatable bonds is 12. The van der Waals surface area contributed by atoms with Crippen molar-refractivity contribution >= 4 is 58.5 Å². The molecule has 0 N–H and O–H groups in total. The van der Waals surface area contributed by atoms with Crippen LogP contribution in [-0.4, -0.2) is 9.52 Å². The van der Waals surface area contributed by atoms with Crippen LogP contribution in [0.1, 0.15) is 101 Å². The van der Waals surface area contributed by atoms with Gasteiger partial charge in [-0.25, -0.2) is 0 Å². The van der Waals surface area contributed by atoms with Crippen LogP contribution in [0.2, 0.25) is 0 Å². The number of halogens is 2. The molecule has 10 aromatic rings. The summed E-state index contributed by atoms with van der Waals surface area (Å²) in [7, 11) is 10.7. The third kappa shape index (κ3) is 12.2. The van der Waals surface area contributed by atoms with Crippen LogP contribution < -0.4 is 10.4 Å². The quantitative estimate of drug-likeness (QED) is 0.0845. The summed E-state index contributed by atoms with van der Waals surface area (Å²) in [6, 6.07) is 76.5. The summed E-state index contributed by atoms with van der Waals surface area (Å²) < 4.78 is 0. The van der Waals surface area contributed by atoms with Crippen molar-refractivity contribution in [2.45, 2.75) is 91.9 Å². The van der Waals surface area contributed by atoms with Crippen LogP contribution >= 0.6 is 17.0 Å². The van der Waals surface area contributed by atoms with E-state index in [2.05, 4.69) is 242 Å². The zero-order valence-corrected chi connectivity index (χ0v) is 47.7. The molecule has 0 fully saturated rings. The standard InChI is InChI=1S/2C28H29.C12H7Si.2ClH.Zr/c2*1-4-11-22-16-17-23-18-24(20(3)5-2)19-27(23)28(22)26-15-10-9-14-25(26)21-12-7-6-8-13-21;1-3-7-11-9(5-1)10-6-2-4-8-12(10)13-11;;;/h2*6-10,12-20H,4-5,11H2,1-3H3;1-7H;2*1H;/q3*-1;;;+2/p-2. The number of benzene rings is 8. The molecule has 0 bridgehead atoms. The minimum Gasteiger partial charge on any atom is -0.184 e. The fraction of sp³-hybridized carbons (Fsp3) is 0.206. The van der Waals surface area contributed by atoms with Crippen LogP contribution in [0.5, 0.6) is 0 Å². The van der Waals surface area contributed by atoms with Gasteiger partial charge in [-0.05, 0) is 58.1 Å². The van der Waals surface area contributed by atoms with E-state index < -0.39 is 20.8 Å². The Bertz CT molecular complexity index is 3090. The Kier molecular flexibility index (Phi) is 19.2. The minimum atomic E-state index is -0.826. The Balaban J connectivity index is 0.000000149. The summed E-state index contributed by atoms with van der Waals surface area (Å²) in [5.74, 6) is 1.19. The number of fused-ring (bicyclic) bond motifs is 5. The summed E-state index contributed by atoms with van der Waals surface area (Å²) in [6.07, 6.45) is 6.88. The molecule has 72 heavy (non-hydrogen) atoms. The van der Waals surface area contributed by atoms with E-state index in [9.17, 15) is 0 Å². The van der Waals surface area contributed by atoms with Gasteiger partial charge in [0.25, 0.3) is 0 Å². The van der Waals surface area contributed by atoms with E-state index in [1.165, 1.54) is 123 Å². The molecule has 2 radical (unpaired) electrons. The van der Waals surface area contributed by atoms with Crippen LogP contribution in [0.3, 0.4) is 0 Å². The Morgan fingerprint density at radius 2 is 0.875 bits per heavy atom. The first-order valence-electron chi connectivity index (χ1n) is 25.9. The van der Waals surface area contributed by atoms with Crippen molar-refractivity contribution in [1.82, 2.24) is 0 Å². The molecule has 10 aromatic carbocycles. The maximum Gasteiger partial charge on any atom is 0.0920 e. The van der Waals surface area contributed by atoms with Gasteiger partial charge in [0.1, 0.15) is 0 Å². The molecule has 0 nitrogen and oxygen atoms in total. The molecule has 0 amide bonds. The minimum absolute atomic E-state index is 0.597. The molecule has 1 aliphatic heterocycles. The molecule has 0 spiro atoms. The Morgan fingerprint density at radius 3 is 1.32 bits per heavy atom. The van der Waals surface area contributed by atoms with Gasteiger partial charge in [-0.1, -0.05) is 234 Å². The first-order valence-corrected chi connectivity index (χ1v) is 33.2. The normalized spacial score (nSPS) is 12.1. The summed E-state index contributed by atoms with van der Waals surface area (Å²) in [6.45, 7) is 13.8. The first-order chi connectivity index (χ1) is 35.3. The van der Waals surface area contributed by atoms with Crippen LogP contribution in [0.15, 0.2) is 200 Å². The Hall–Kier alpha value is -5.34. The molecule has 2 unspecified atom stereocenters. The van der Waals surface area contributed by atoms with Crippen LogP contribution in [0, 0.1) is 6.07 Å². The zero-order chi connectivity index (χ0) is 50.4. The molecular formula is C68H65Cl2SiZr-3. The van der Waals surface area contributed by atoms with Crippen molar-refractivity contribution < 1.29 is 20.8 Å². The number of hydrogen-bond donors (Lipinski definition) is 0. The van der Waals surface area contributed by atoms with Crippen LogP contribution in [0.4, 0.5) is 0 Å². The topological polar surface area (TPSA) is 0 Å². The summed E-state index contributed by atoms with van der Waals surface area (Å²) >= 11 is -0.826. The van der Waals surface area contributed by atoms with E-state index in [4.69, 9.17) is 17.0 Å². The molecule has 1 heterocycles. The fourth-order valence-electron chi connectivity index (χ4n) is 10.2. The average Bonchev–Trinajstić information content (AvgIpc) is 4.18. The summed E-state index contributed by atoms with van der Waals surface area (Å²) in [5.41, 5.74) is 19.4. The van der Waals surface area contributed by atoms with Gasteiger partial charge >= 0.3 is 37.9 Å². The van der Waals surface area contributed by atoms with Gasteiger partial charge < -0.3 is 0 Å². The van der Waals surface area contributed by atoms with E-state index in [1.807, 2.05) is 6.07 Å². The van der Waals surface area contributed by atoms with E-state index in [0.29, 0.717) is 11.8 Å². The third-order valence-corrected chi connectivity index (χ3v) is 15.7. The summed E-state index contributed by atoms with van der Waals surface area (Å²) in [5, 5.41) is 8.37. The molecular weight excluding hydrogens is 1010 g/mol. The molecule has 362 valence electrons.